The number of nitrogens with one attached hydrogen (secondary N) is 1. The molecule has 2 bridgehead atoms. The Morgan fingerprint density at radius 1 is 1.11 bits per heavy atom. The van der Waals surface area contributed by atoms with Gasteiger partial charge in [0.15, 0.2) is 0 Å². The lowest BCUT2D eigenvalue weighted by atomic mass is 9.81. The molecule has 2 nitrogen and oxygen atoms in total. The van der Waals surface area contributed by atoms with Gasteiger partial charge in [0.25, 0.3) is 0 Å². The standard InChI is InChI=1S/C16H30N2S/c1-16(2)9-13(10-19-11-16)17-12-7-14-5-4-6-15(8-12)18(14)3/h12-15,17H,4-11H2,1-3H3. The van der Waals surface area contributed by atoms with Gasteiger partial charge in [0, 0.05) is 29.9 Å². The van der Waals surface area contributed by atoms with Crippen molar-refractivity contribution in [3.8, 4) is 0 Å². The first-order valence-corrected chi connectivity index (χ1v) is 9.25. The summed E-state index contributed by atoms with van der Waals surface area (Å²) in [5.41, 5.74) is 0.530. The van der Waals surface area contributed by atoms with Crippen molar-refractivity contribution in [3.63, 3.8) is 0 Å². The fraction of sp³-hybridized carbons (Fsp3) is 1.00. The van der Waals surface area contributed by atoms with Crippen molar-refractivity contribution in [1.82, 2.24) is 10.2 Å². The van der Waals surface area contributed by atoms with Crippen LogP contribution in [-0.4, -0.2) is 47.6 Å². The molecule has 0 amide bonds. The molecule has 0 saturated carbocycles. The Bertz CT molecular complexity index is 304. The van der Waals surface area contributed by atoms with Crippen LogP contribution in [-0.2, 0) is 0 Å². The SMILES string of the molecule is CN1C2CCCC1CC(NC1CSCC(C)(C)C1)C2. The number of thioether (sulfide) groups is 1. The average molecular weight is 282 g/mol. The Kier molecular flexibility index (Phi) is 4.17. The molecule has 0 aromatic heterocycles. The average Bonchev–Trinajstić information content (AvgIpc) is 2.29. The second-order valence-electron chi connectivity index (χ2n) is 7.82. The van der Waals surface area contributed by atoms with E-state index in [-0.39, 0.29) is 0 Å². The van der Waals surface area contributed by atoms with Gasteiger partial charge < -0.3 is 10.2 Å². The Labute approximate surface area is 123 Å². The maximum Gasteiger partial charge on any atom is 0.0166 e. The minimum atomic E-state index is 0.530. The van der Waals surface area contributed by atoms with Crippen LogP contribution < -0.4 is 5.32 Å². The van der Waals surface area contributed by atoms with Crippen molar-refractivity contribution in [2.45, 2.75) is 76.5 Å². The topological polar surface area (TPSA) is 15.3 Å². The van der Waals surface area contributed by atoms with E-state index in [2.05, 4.69) is 42.9 Å². The van der Waals surface area contributed by atoms with Gasteiger partial charge in [0.05, 0.1) is 0 Å². The molecule has 3 saturated heterocycles. The van der Waals surface area contributed by atoms with Gasteiger partial charge in [-0.1, -0.05) is 20.3 Å². The van der Waals surface area contributed by atoms with Crippen LogP contribution in [0, 0.1) is 5.41 Å². The number of hydrogen-bond acceptors (Lipinski definition) is 3. The van der Waals surface area contributed by atoms with Crippen molar-refractivity contribution >= 4 is 11.8 Å². The number of fused-ring (bicyclic) bond motifs is 2. The van der Waals surface area contributed by atoms with Crippen molar-refractivity contribution in [2.24, 2.45) is 5.41 Å². The molecule has 3 atom stereocenters. The van der Waals surface area contributed by atoms with Crippen LogP contribution in [0.4, 0.5) is 0 Å². The third-order valence-corrected chi connectivity index (χ3v) is 7.05. The molecule has 1 N–H and O–H groups in total. The lowest BCUT2D eigenvalue weighted by Crippen LogP contribution is -2.57. The molecule has 110 valence electrons. The largest absolute Gasteiger partial charge is 0.310 e. The first-order chi connectivity index (χ1) is 9.03. The van der Waals surface area contributed by atoms with Crippen LogP contribution in [0.2, 0.25) is 0 Å². The lowest BCUT2D eigenvalue weighted by Gasteiger charge is -2.48. The Balaban J connectivity index is 1.56. The minimum absolute atomic E-state index is 0.530. The van der Waals surface area contributed by atoms with E-state index >= 15 is 0 Å². The highest BCUT2D eigenvalue weighted by Gasteiger charge is 2.37. The number of piperidine rings is 2. The van der Waals surface area contributed by atoms with E-state index in [0.29, 0.717) is 5.41 Å². The molecule has 0 aliphatic carbocycles. The third-order valence-electron chi connectivity index (χ3n) is 5.42. The van der Waals surface area contributed by atoms with Gasteiger partial charge in [-0.2, -0.15) is 11.8 Å². The van der Waals surface area contributed by atoms with Gasteiger partial charge in [-0.3, -0.25) is 0 Å². The van der Waals surface area contributed by atoms with E-state index in [9.17, 15) is 0 Å². The summed E-state index contributed by atoms with van der Waals surface area (Å²) < 4.78 is 0. The molecule has 3 heterocycles. The first kappa shape index (κ1) is 14.2. The smallest absolute Gasteiger partial charge is 0.0166 e. The summed E-state index contributed by atoms with van der Waals surface area (Å²) in [5.74, 6) is 2.66. The van der Waals surface area contributed by atoms with E-state index in [1.807, 2.05) is 0 Å². The van der Waals surface area contributed by atoms with Gasteiger partial charge in [-0.25, -0.2) is 0 Å². The molecule has 3 aliphatic rings. The highest BCUT2D eigenvalue weighted by Crippen LogP contribution is 2.36. The third kappa shape index (κ3) is 3.30. The monoisotopic (exact) mass is 282 g/mol. The Hall–Kier alpha value is 0.270. The summed E-state index contributed by atoms with van der Waals surface area (Å²) in [7, 11) is 2.35. The molecule has 3 rings (SSSR count). The van der Waals surface area contributed by atoms with Crippen molar-refractivity contribution in [3.05, 3.63) is 0 Å². The zero-order valence-electron chi connectivity index (χ0n) is 12.8. The highest BCUT2D eigenvalue weighted by atomic mass is 32.2. The van der Waals surface area contributed by atoms with Crippen molar-refractivity contribution in [1.29, 1.82) is 0 Å². The normalized spacial score (nSPS) is 43.1. The highest BCUT2D eigenvalue weighted by molar-refractivity contribution is 7.99. The van der Waals surface area contributed by atoms with Crippen LogP contribution in [0.15, 0.2) is 0 Å². The fourth-order valence-electron chi connectivity index (χ4n) is 4.45. The maximum absolute atomic E-state index is 4.02. The molecule has 3 fully saturated rings. The second-order valence-corrected chi connectivity index (χ2v) is 8.85. The van der Waals surface area contributed by atoms with Crippen LogP contribution in [0.1, 0.15) is 52.4 Å². The summed E-state index contributed by atoms with van der Waals surface area (Å²) in [6.45, 7) is 4.86. The quantitative estimate of drug-likeness (QED) is 0.838. The molecule has 3 unspecified atom stereocenters. The minimum Gasteiger partial charge on any atom is -0.310 e. The van der Waals surface area contributed by atoms with Gasteiger partial charge in [-0.15, -0.1) is 0 Å². The fourth-order valence-corrected chi connectivity index (χ4v) is 5.74. The van der Waals surface area contributed by atoms with Gasteiger partial charge in [-0.05, 0) is 50.3 Å². The van der Waals surface area contributed by atoms with Crippen LogP contribution in [0.3, 0.4) is 0 Å². The van der Waals surface area contributed by atoms with E-state index in [0.717, 1.165) is 24.2 Å². The zero-order chi connectivity index (χ0) is 13.5. The van der Waals surface area contributed by atoms with Crippen LogP contribution >= 0.6 is 11.8 Å². The second kappa shape index (κ2) is 5.57. The molecule has 0 aromatic carbocycles. The predicted octanol–water partition coefficient (Wildman–Crippen LogP) is 3.12. The molecule has 0 radical (unpaired) electrons. The summed E-state index contributed by atoms with van der Waals surface area (Å²) in [5, 5.41) is 4.02. The summed E-state index contributed by atoms with van der Waals surface area (Å²) in [6, 6.07) is 3.25. The summed E-state index contributed by atoms with van der Waals surface area (Å²) in [4.78, 5) is 2.67. The number of hydrogen-bond donors (Lipinski definition) is 1. The molecular formula is C16H30N2S. The van der Waals surface area contributed by atoms with Gasteiger partial charge >= 0.3 is 0 Å². The number of nitrogens with zero attached hydrogens (tertiary/aromatic N) is 1. The molecule has 0 aromatic rings. The van der Waals surface area contributed by atoms with Gasteiger partial charge in [0.2, 0.25) is 0 Å². The zero-order valence-corrected chi connectivity index (χ0v) is 13.6. The van der Waals surface area contributed by atoms with E-state index < -0.39 is 0 Å². The Morgan fingerprint density at radius 3 is 2.42 bits per heavy atom. The molecule has 3 aliphatic heterocycles. The predicted molar refractivity (Wildman–Crippen MR) is 84.9 cm³/mol. The molecular weight excluding hydrogens is 252 g/mol. The number of rotatable bonds is 2. The van der Waals surface area contributed by atoms with Crippen LogP contribution in [0.25, 0.3) is 0 Å². The maximum atomic E-state index is 4.02. The van der Waals surface area contributed by atoms with E-state index in [4.69, 9.17) is 0 Å². The molecule has 19 heavy (non-hydrogen) atoms. The summed E-state index contributed by atoms with van der Waals surface area (Å²) in [6.07, 6.45) is 8.44. The van der Waals surface area contributed by atoms with Crippen molar-refractivity contribution < 1.29 is 0 Å². The lowest BCUT2D eigenvalue weighted by molar-refractivity contribution is 0.0450. The van der Waals surface area contributed by atoms with E-state index in [1.54, 1.807) is 0 Å². The molecule has 3 heteroatoms. The Morgan fingerprint density at radius 2 is 1.79 bits per heavy atom. The molecule has 0 spiro atoms. The van der Waals surface area contributed by atoms with Crippen molar-refractivity contribution in [2.75, 3.05) is 18.6 Å². The van der Waals surface area contributed by atoms with Gasteiger partial charge in [0.1, 0.15) is 0 Å². The first-order valence-electron chi connectivity index (χ1n) is 8.09. The van der Waals surface area contributed by atoms with E-state index in [1.165, 1.54) is 50.0 Å². The van der Waals surface area contributed by atoms with Crippen LogP contribution in [0.5, 0.6) is 0 Å². The summed E-state index contributed by atoms with van der Waals surface area (Å²) >= 11 is 2.15.